The smallest absolute Gasteiger partial charge is 0.241 e. The Bertz CT molecular complexity index is 446. The molecule has 0 spiro atoms. The normalized spacial score (nSPS) is 40.5. The Labute approximate surface area is 119 Å². The molecule has 2 aliphatic rings. The Morgan fingerprint density at radius 1 is 1.35 bits per heavy atom. The van der Waals surface area contributed by atoms with Crippen molar-refractivity contribution in [2.24, 2.45) is 22.4 Å². The molecule has 0 aromatic heterocycles. The summed E-state index contributed by atoms with van der Waals surface area (Å²) in [5.74, 6) is 0.938. The van der Waals surface area contributed by atoms with Gasteiger partial charge in [-0.1, -0.05) is 31.2 Å². The average molecular weight is 280 g/mol. The van der Waals surface area contributed by atoms with E-state index in [1.165, 1.54) is 0 Å². The van der Waals surface area contributed by atoms with Gasteiger partial charge < -0.3 is 0 Å². The van der Waals surface area contributed by atoms with Crippen LogP contribution >= 0.6 is 0 Å². The van der Waals surface area contributed by atoms with Crippen LogP contribution in [0, 0.1) is 32.3 Å². The van der Waals surface area contributed by atoms with Crippen molar-refractivity contribution in [1.82, 2.24) is 0 Å². The molecule has 4 atom stereocenters. The van der Waals surface area contributed by atoms with Crippen LogP contribution in [0.5, 0.6) is 0 Å². The molecule has 0 aromatic carbocycles. The monoisotopic (exact) mass is 280 g/mol. The van der Waals surface area contributed by atoms with E-state index in [4.69, 9.17) is 0 Å². The lowest BCUT2D eigenvalue weighted by Gasteiger charge is -2.53. The maximum atomic E-state index is 11.3. The molecule has 0 saturated heterocycles. The fourth-order valence-electron chi connectivity index (χ4n) is 4.14. The van der Waals surface area contributed by atoms with Crippen molar-refractivity contribution < 1.29 is 4.92 Å². The quantitative estimate of drug-likeness (QED) is 0.333. The van der Waals surface area contributed by atoms with Gasteiger partial charge in [0, 0.05) is 11.3 Å². The third-order valence-electron chi connectivity index (χ3n) is 5.64. The second-order valence-electron chi connectivity index (χ2n) is 7.39. The van der Waals surface area contributed by atoms with Gasteiger partial charge in [-0.15, -0.1) is 4.91 Å². The summed E-state index contributed by atoms with van der Waals surface area (Å²) in [5.41, 5.74) is 0.271. The topological polar surface area (TPSA) is 72.6 Å². The van der Waals surface area contributed by atoms with Crippen molar-refractivity contribution in [3.63, 3.8) is 0 Å². The van der Waals surface area contributed by atoms with Crippen LogP contribution in [0.15, 0.2) is 17.3 Å². The summed E-state index contributed by atoms with van der Waals surface area (Å²) in [6, 6.07) is -0.891. The van der Waals surface area contributed by atoms with Crippen LogP contribution in [-0.4, -0.2) is 16.5 Å². The molecule has 2 fully saturated rings. The molecular formula is C15H24N2O3. The van der Waals surface area contributed by atoms with E-state index in [2.05, 4.69) is 25.6 Å². The van der Waals surface area contributed by atoms with Gasteiger partial charge >= 0.3 is 0 Å². The molecule has 0 N–H and O–H groups in total. The van der Waals surface area contributed by atoms with E-state index in [1.54, 1.807) is 6.92 Å². The summed E-state index contributed by atoms with van der Waals surface area (Å²) >= 11 is 0. The van der Waals surface area contributed by atoms with E-state index in [-0.39, 0.29) is 10.3 Å². The van der Waals surface area contributed by atoms with Gasteiger partial charge in [-0.25, -0.2) is 0 Å². The molecule has 5 nitrogen and oxygen atoms in total. The summed E-state index contributed by atoms with van der Waals surface area (Å²) in [5, 5.41) is 14.5. The van der Waals surface area contributed by atoms with Gasteiger partial charge in [0.15, 0.2) is 5.54 Å². The Kier molecular flexibility index (Phi) is 3.73. The number of nitrogens with zero attached hydrogens (tertiary/aromatic N) is 2. The Morgan fingerprint density at radius 3 is 2.50 bits per heavy atom. The van der Waals surface area contributed by atoms with Gasteiger partial charge in [0.1, 0.15) is 0 Å². The third kappa shape index (κ3) is 2.38. The highest BCUT2D eigenvalue weighted by molar-refractivity contribution is 5.15. The van der Waals surface area contributed by atoms with E-state index in [0.29, 0.717) is 31.1 Å². The zero-order valence-corrected chi connectivity index (χ0v) is 12.6. The number of nitroso groups, excluding NO2 is 1. The van der Waals surface area contributed by atoms with Crippen molar-refractivity contribution in [3.05, 3.63) is 27.2 Å². The minimum Gasteiger partial charge on any atom is -0.264 e. The van der Waals surface area contributed by atoms with Crippen molar-refractivity contribution in [2.45, 2.75) is 64.5 Å². The maximum Gasteiger partial charge on any atom is 0.241 e. The molecule has 0 aliphatic heterocycles. The number of allylic oxidation sites excluding steroid dienone is 1. The van der Waals surface area contributed by atoms with E-state index in [9.17, 15) is 15.0 Å². The minimum atomic E-state index is -1.09. The van der Waals surface area contributed by atoms with Crippen molar-refractivity contribution in [3.8, 4) is 0 Å². The first-order chi connectivity index (χ1) is 9.21. The Morgan fingerprint density at radius 2 is 2.00 bits per heavy atom. The van der Waals surface area contributed by atoms with E-state index in [1.807, 2.05) is 0 Å². The number of hydrogen-bond acceptors (Lipinski definition) is 4. The van der Waals surface area contributed by atoms with Gasteiger partial charge in [0.05, 0.1) is 0 Å². The van der Waals surface area contributed by atoms with Gasteiger partial charge in [0.2, 0.25) is 6.04 Å². The molecule has 0 radical (unpaired) electrons. The second-order valence-corrected chi connectivity index (χ2v) is 7.39. The lowest BCUT2D eigenvalue weighted by molar-refractivity contribution is -0.534. The molecule has 112 valence electrons. The Balaban J connectivity index is 2.27. The first-order valence-electron chi connectivity index (χ1n) is 7.37. The zero-order valence-electron chi connectivity index (χ0n) is 12.6. The fourth-order valence-corrected chi connectivity index (χ4v) is 4.14. The van der Waals surface area contributed by atoms with Gasteiger partial charge in [0.25, 0.3) is 0 Å². The van der Waals surface area contributed by atoms with E-state index < -0.39 is 11.6 Å². The molecule has 2 saturated carbocycles. The lowest BCUT2D eigenvalue weighted by Crippen LogP contribution is -2.46. The molecule has 20 heavy (non-hydrogen) atoms. The van der Waals surface area contributed by atoms with Crippen molar-refractivity contribution in [1.29, 1.82) is 0 Å². The fraction of sp³-hybridized carbons (Fsp3) is 0.867. The van der Waals surface area contributed by atoms with E-state index in [0.717, 1.165) is 18.4 Å². The van der Waals surface area contributed by atoms with Crippen LogP contribution < -0.4 is 0 Å². The molecule has 2 rings (SSSR count). The first-order valence-corrected chi connectivity index (χ1v) is 7.37. The average Bonchev–Trinajstić information content (AvgIpc) is 2.39. The zero-order chi connectivity index (χ0) is 15.1. The Hall–Kier alpha value is -1.26. The first kappa shape index (κ1) is 15.1. The molecule has 0 unspecified atom stereocenters. The van der Waals surface area contributed by atoms with Gasteiger partial charge in [-0.3, -0.25) is 10.1 Å². The summed E-state index contributed by atoms with van der Waals surface area (Å²) in [6.07, 6.45) is 3.43. The lowest BCUT2D eigenvalue weighted by atomic mass is 9.52. The predicted molar refractivity (Wildman–Crippen MR) is 78.0 cm³/mol. The SMILES string of the molecule is C=C1CC[C@@H]([N+](=O)[O-])[C@](C)(N=O)CC[C@H]2[C@@H]1CC2(C)C. The highest BCUT2D eigenvalue weighted by Gasteiger charge is 2.52. The van der Waals surface area contributed by atoms with Crippen LogP contribution in [-0.2, 0) is 0 Å². The van der Waals surface area contributed by atoms with Gasteiger partial charge in [-0.2, -0.15) is 0 Å². The van der Waals surface area contributed by atoms with Gasteiger partial charge in [-0.05, 0) is 49.9 Å². The summed E-state index contributed by atoms with van der Waals surface area (Å²) in [7, 11) is 0. The molecular weight excluding hydrogens is 256 g/mol. The number of hydrogen-bond donors (Lipinski definition) is 0. The summed E-state index contributed by atoms with van der Waals surface area (Å²) < 4.78 is 0. The molecule has 0 bridgehead atoms. The highest BCUT2D eigenvalue weighted by atomic mass is 16.6. The largest absolute Gasteiger partial charge is 0.264 e. The number of fused-ring (bicyclic) bond motifs is 1. The van der Waals surface area contributed by atoms with E-state index >= 15 is 0 Å². The van der Waals surface area contributed by atoms with Crippen LogP contribution in [0.25, 0.3) is 0 Å². The molecule has 0 amide bonds. The molecule has 5 heteroatoms. The predicted octanol–water partition coefficient (Wildman–Crippen LogP) is 3.95. The van der Waals surface area contributed by atoms with Crippen LogP contribution in [0.1, 0.15) is 52.9 Å². The van der Waals surface area contributed by atoms with Crippen molar-refractivity contribution in [2.75, 3.05) is 0 Å². The second kappa shape index (κ2) is 4.93. The summed E-state index contributed by atoms with van der Waals surface area (Å²) in [4.78, 5) is 22.2. The van der Waals surface area contributed by atoms with Crippen molar-refractivity contribution >= 4 is 0 Å². The minimum absolute atomic E-state index is 0.242. The highest BCUT2D eigenvalue weighted by Crippen LogP contribution is 2.57. The third-order valence-corrected chi connectivity index (χ3v) is 5.64. The molecule has 0 heterocycles. The van der Waals surface area contributed by atoms with Crippen LogP contribution in [0.3, 0.4) is 0 Å². The molecule has 2 aliphatic carbocycles. The van der Waals surface area contributed by atoms with Crippen LogP contribution in [0.2, 0.25) is 0 Å². The number of nitro groups is 1. The standard InChI is InChI=1S/C15H24N2O3/c1-10-5-6-13(17(19)20)15(4,16-18)8-7-12-11(10)9-14(12,2)3/h11-13H,1,5-9H2,2-4H3/t11-,12+,13-,15-/m1/s1. The molecule has 0 aromatic rings. The summed E-state index contributed by atoms with van der Waals surface area (Å²) in [6.45, 7) is 10.2. The maximum absolute atomic E-state index is 11.3. The van der Waals surface area contributed by atoms with Crippen LogP contribution in [0.4, 0.5) is 0 Å². The number of rotatable bonds is 2.